The summed E-state index contributed by atoms with van der Waals surface area (Å²) in [5.41, 5.74) is 2.11. The Morgan fingerprint density at radius 3 is 2.83 bits per heavy atom. The van der Waals surface area contributed by atoms with E-state index >= 15 is 0 Å². The predicted octanol–water partition coefficient (Wildman–Crippen LogP) is 3.62. The minimum absolute atomic E-state index is 0.0116. The van der Waals surface area contributed by atoms with Crippen molar-refractivity contribution >= 4 is 17.7 Å². The summed E-state index contributed by atoms with van der Waals surface area (Å²) in [7, 11) is 0. The van der Waals surface area contributed by atoms with E-state index in [0.717, 1.165) is 35.5 Å². The van der Waals surface area contributed by atoms with Gasteiger partial charge in [0.2, 0.25) is 0 Å². The van der Waals surface area contributed by atoms with Gasteiger partial charge in [-0.1, -0.05) is 6.07 Å². The van der Waals surface area contributed by atoms with Crippen LogP contribution in [-0.4, -0.2) is 16.8 Å². The van der Waals surface area contributed by atoms with E-state index in [9.17, 15) is 9.18 Å². The lowest BCUT2D eigenvalue weighted by Crippen LogP contribution is -2.11. The average molecular weight is 268 g/mol. The molecule has 0 radical (unpaired) electrons. The van der Waals surface area contributed by atoms with Crippen LogP contribution in [0.4, 0.5) is 4.39 Å². The molecule has 18 heavy (non-hydrogen) atoms. The largest absolute Gasteiger partial charge is 0.481 e. The van der Waals surface area contributed by atoms with Crippen LogP contribution >= 0.6 is 11.8 Å². The van der Waals surface area contributed by atoms with Crippen LogP contribution in [0.2, 0.25) is 0 Å². The Kier molecular flexibility index (Phi) is 3.95. The number of hydrogen-bond donors (Lipinski definition) is 1. The van der Waals surface area contributed by atoms with Crippen molar-refractivity contribution in [3.8, 4) is 0 Å². The average Bonchev–Trinajstić information content (AvgIpc) is 3.02. The molecular weight excluding hydrogens is 251 g/mol. The van der Waals surface area contributed by atoms with Gasteiger partial charge in [0.25, 0.3) is 0 Å². The molecule has 1 aromatic rings. The molecule has 0 aromatic heterocycles. The van der Waals surface area contributed by atoms with Crippen LogP contribution in [0, 0.1) is 18.2 Å². The van der Waals surface area contributed by atoms with Crippen molar-refractivity contribution in [2.75, 3.05) is 5.75 Å². The van der Waals surface area contributed by atoms with Crippen molar-refractivity contribution in [3.63, 3.8) is 0 Å². The first kappa shape index (κ1) is 13.4. The molecular formula is C14H17FO2S. The summed E-state index contributed by atoms with van der Waals surface area (Å²) < 4.78 is 13.1. The molecule has 0 saturated heterocycles. The van der Waals surface area contributed by atoms with Gasteiger partial charge in [0.05, 0.1) is 6.42 Å². The highest BCUT2D eigenvalue weighted by Crippen LogP contribution is 2.51. The zero-order chi connectivity index (χ0) is 13.2. The highest BCUT2D eigenvalue weighted by Gasteiger charge is 2.43. The van der Waals surface area contributed by atoms with Crippen LogP contribution < -0.4 is 0 Å². The molecule has 2 nitrogen and oxygen atoms in total. The summed E-state index contributed by atoms with van der Waals surface area (Å²) in [6, 6.07) is 4.82. The van der Waals surface area contributed by atoms with Gasteiger partial charge in [-0.05, 0) is 54.2 Å². The van der Waals surface area contributed by atoms with Crippen molar-refractivity contribution in [2.45, 2.75) is 31.9 Å². The van der Waals surface area contributed by atoms with E-state index in [1.165, 1.54) is 6.07 Å². The molecule has 0 unspecified atom stereocenters. The molecule has 0 amide bonds. The Labute approximate surface area is 111 Å². The second-order valence-corrected chi connectivity index (χ2v) is 6.12. The smallest absolute Gasteiger partial charge is 0.303 e. The number of thioether (sulfide) groups is 1. The van der Waals surface area contributed by atoms with Crippen LogP contribution in [-0.2, 0) is 10.5 Å². The van der Waals surface area contributed by atoms with Crippen LogP contribution in [0.3, 0.4) is 0 Å². The number of carbonyl (C=O) groups is 1. The summed E-state index contributed by atoms with van der Waals surface area (Å²) in [5, 5.41) is 8.83. The van der Waals surface area contributed by atoms with Gasteiger partial charge in [0, 0.05) is 5.75 Å². The van der Waals surface area contributed by atoms with Crippen LogP contribution in [0.1, 0.15) is 30.4 Å². The predicted molar refractivity (Wildman–Crippen MR) is 71.2 cm³/mol. The Morgan fingerprint density at radius 1 is 1.50 bits per heavy atom. The van der Waals surface area contributed by atoms with E-state index in [0.29, 0.717) is 0 Å². The van der Waals surface area contributed by atoms with Gasteiger partial charge >= 0.3 is 5.97 Å². The fourth-order valence-electron chi connectivity index (χ4n) is 2.04. The van der Waals surface area contributed by atoms with E-state index in [1.54, 1.807) is 23.9 Å². The molecule has 0 heterocycles. The molecule has 1 aromatic carbocycles. The monoisotopic (exact) mass is 268 g/mol. The summed E-state index contributed by atoms with van der Waals surface area (Å²) >= 11 is 1.71. The van der Waals surface area contributed by atoms with Crippen LogP contribution in [0.5, 0.6) is 0 Å². The van der Waals surface area contributed by atoms with Gasteiger partial charge < -0.3 is 5.11 Å². The molecule has 98 valence electrons. The van der Waals surface area contributed by atoms with Crippen LogP contribution in [0.15, 0.2) is 18.2 Å². The second-order valence-electron chi connectivity index (χ2n) is 5.13. The zero-order valence-electron chi connectivity index (χ0n) is 10.4. The lowest BCUT2D eigenvalue weighted by molar-refractivity contribution is -0.138. The Bertz CT molecular complexity index is 455. The fourth-order valence-corrected chi connectivity index (χ4v) is 3.50. The Morgan fingerprint density at radius 2 is 2.22 bits per heavy atom. The zero-order valence-corrected chi connectivity index (χ0v) is 11.2. The minimum Gasteiger partial charge on any atom is -0.481 e. The molecule has 0 aliphatic heterocycles. The number of carboxylic acid groups (broad SMARTS) is 1. The summed E-state index contributed by atoms with van der Waals surface area (Å²) in [6.07, 6.45) is 2.28. The van der Waals surface area contributed by atoms with E-state index in [-0.39, 0.29) is 17.7 Å². The molecule has 0 spiro atoms. The highest BCUT2D eigenvalue weighted by molar-refractivity contribution is 7.98. The van der Waals surface area contributed by atoms with Gasteiger partial charge in [0.1, 0.15) is 5.82 Å². The van der Waals surface area contributed by atoms with Gasteiger partial charge in [-0.25, -0.2) is 4.39 Å². The highest BCUT2D eigenvalue weighted by atomic mass is 32.2. The third-order valence-electron chi connectivity index (χ3n) is 3.46. The van der Waals surface area contributed by atoms with Crippen molar-refractivity contribution in [1.29, 1.82) is 0 Å². The number of benzene rings is 1. The van der Waals surface area contributed by atoms with Crippen molar-refractivity contribution in [1.82, 2.24) is 0 Å². The third kappa shape index (κ3) is 3.48. The fraction of sp³-hybridized carbons (Fsp3) is 0.500. The molecule has 0 atom stereocenters. The standard InChI is InChI=1S/C14H17FO2S/c1-10-2-3-12(15)6-11(10)8-18-9-14(4-5-14)7-13(16)17/h2-3,6H,4-5,7-9H2,1H3,(H,16,17). The maximum absolute atomic E-state index is 13.1. The SMILES string of the molecule is Cc1ccc(F)cc1CSCC1(CC(=O)O)CC1. The molecule has 2 rings (SSSR count). The molecule has 1 aliphatic carbocycles. The van der Waals surface area contributed by atoms with E-state index in [1.807, 2.05) is 6.92 Å². The number of rotatable bonds is 6. The number of carboxylic acids is 1. The number of hydrogen-bond acceptors (Lipinski definition) is 2. The third-order valence-corrected chi connectivity index (χ3v) is 4.79. The van der Waals surface area contributed by atoms with Crippen LogP contribution in [0.25, 0.3) is 0 Å². The summed E-state index contributed by atoms with van der Waals surface area (Å²) in [5.74, 6) is 0.693. The first-order chi connectivity index (χ1) is 8.51. The Balaban J connectivity index is 1.85. The van der Waals surface area contributed by atoms with E-state index < -0.39 is 5.97 Å². The van der Waals surface area contributed by atoms with Gasteiger partial charge in [-0.3, -0.25) is 4.79 Å². The van der Waals surface area contributed by atoms with Gasteiger partial charge in [0.15, 0.2) is 0 Å². The van der Waals surface area contributed by atoms with E-state index in [4.69, 9.17) is 5.11 Å². The lowest BCUT2D eigenvalue weighted by Gasteiger charge is -2.12. The van der Waals surface area contributed by atoms with E-state index in [2.05, 4.69) is 0 Å². The van der Waals surface area contributed by atoms with Crippen molar-refractivity contribution in [2.24, 2.45) is 5.41 Å². The summed E-state index contributed by atoms with van der Waals surface area (Å²) in [6.45, 7) is 1.97. The number of aliphatic carboxylic acids is 1. The lowest BCUT2D eigenvalue weighted by atomic mass is 10.1. The maximum atomic E-state index is 13.1. The molecule has 1 aliphatic rings. The molecule has 4 heteroatoms. The maximum Gasteiger partial charge on any atom is 0.303 e. The normalized spacial score (nSPS) is 16.6. The first-order valence-electron chi connectivity index (χ1n) is 6.05. The Hall–Kier alpha value is -1.03. The second kappa shape index (κ2) is 5.31. The van der Waals surface area contributed by atoms with Gasteiger partial charge in [-0.2, -0.15) is 11.8 Å². The number of aryl methyl sites for hydroxylation is 1. The molecule has 1 saturated carbocycles. The summed E-state index contributed by atoms with van der Waals surface area (Å²) in [4.78, 5) is 10.7. The quantitative estimate of drug-likeness (QED) is 0.856. The van der Waals surface area contributed by atoms with Crippen molar-refractivity contribution < 1.29 is 14.3 Å². The molecule has 1 fully saturated rings. The first-order valence-corrected chi connectivity index (χ1v) is 7.21. The topological polar surface area (TPSA) is 37.3 Å². The number of halogens is 1. The van der Waals surface area contributed by atoms with Gasteiger partial charge in [-0.15, -0.1) is 0 Å². The molecule has 0 bridgehead atoms. The molecule has 1 N–H and O–H groups in total. The van der Waals surface area contributed by atoms with Crippen molar-refractivity contribution in [3.05, 3.63) is 35.1 Å². The minimum atomic E-state index is -0.713.